The number of hydrogen-bond donors (Lipinski definition) is 2. The molecule has 0 fully saturated rings. The minimum Gasteiger partial charge on any atom is -0.481 e. The Labute approximate surface area is 73.2 Å². The topological polar surface area (TPSA) is 109 Å². The Balaban J connectivity index is 4.61. The first-order chi connectivity index (χ1) is 5.86. The minimum absolute atomic E-state index is 0.540. The zero-order chi connectivity index (χ0) is 10.6. The Morgan fingerprint density at radius 3 is 1.85 bits per heavy atom. The Kier molecular flexibility index (Phi) is 3.77. The van der Waals surface area contributed by atoms with Gasteiger partial charge < -0.3 is 10.2 Å². The smallest absolute Gasteiger partial charge is 0.373 e. The maximum atomic E-state index is 10.7. The van der Waals surface area contributed by atoms with Crippen molar-refractivity contribution in [3.8, 4) is 0 Å². The Hall–Kier alpha value is -1.72. The predicted octanol–water partition coefficient (Wildman–Crippen LogP) is -0.680. The molecule has 1 unspecified atom stereocenters. The molecule has 6 nitrogen and oxygen atoms in total. The van der Waals surface area contributed by atoms with Crippen molar-refractivity contribution in [3.05, 3.63) is 0 Å². The molecule has 0 spiro atoms. The average Bonchev–Trinajstić information content (AvgIpc) is 1.97. The van der Waals surface area contributed by atoms with E-state index in [0.717, 1.165) is 6.92 Å². The predicted molar refractivity (Wildman–Crippen MR) is 39.1 cm³/mol. The summed E-state index contributed by atoms with van der Waals surface area (Å²) in [5.74, 6) is -7.21. The van der Waals surface area contributed by atoms with Gasteiger partial charge >= 0.3 is 11.9 Å². The van der Waals surface area contributed by atoms with Crippen LogP contribution in [-0.2, 0) is 19.2 Å². The highest BCUT2D eigenvalue weighted by atomic mass is 16.4. The highest BCUT2D eigenvalue weighted by Crippen LogP contribution is 2.06. The van der Waals surface area contributed by atoms with Gasteiger partial charge in [0.15, 0.2) is 0 Å². The van der Waals surface area contributed by atoms with Crippen molar-refractivity contribution in [1.29, 1.82) is 0 Å². The number of aliphatic carboxylic acids is 2. The summed E-state index contributed by atoms with van der Waals surface area (Å²) in [5.41, 5.74) is 0. The fourth-order valence-electron chi connectivity index (χ4n) is 0.729. The highest BCUT2D eigenvalue weighted by molar-refractivity contribution is 6.37. The van der Waals surface area contributed by atoms with E-state index in [2.05, 4.69) is 0 Å². The van der Waals surface area contributed by atoms with E-state index in [4.69, 9.17) is 10.2 Å². The summed E-state index contributed by atoms with van der Waals surface area (Å²) in [6.45, 7) is 1.09. The number of carboxylic acids is 2. The third-order valence-corrected chi connectivity index (χ3v) is 1.32. The second-order valence-corrected chi connectivity index (χ2v) is 2.47. The molecule has 0 bridgehead atoms. The molecule has 0 radical (unpaired) electrons. The molecule has 0 aliphatic rings. The fourth-order valence-corrected chi connectivity index (χ4v) is 0.729. The molecule has 0 aromatic rings. The molecule has 0 saturated carbocycles. The van der Waals surface area contributed by atoms with Gasteiger partial charge in [-0.15, -0.1) is 0 Å². The molecule has 0 aromatic carbocycles. The second kappa shape index (κ2) is 4.34. The van der Waals surface area contributed by atoms with Gasteiger partial charge in [-0.2, -0.15) is 0 Å². The third-order valence-electron chi connectivity index (χ3n) is 1.32. The summed E-state index contributed by atoms with van der Waals surface area (Å²) >= 11 is 0. The second-order valence-electron chi connectivity index (χ2n) is 2.47. The third kappa shape index (κ3) is 3.46. The van der Waals surface area contributed by atoms with Gasteiger partial charge in [-0.1, -0.05) is 0 Å². The van der Waals surface area contributed by atoms with Gasteiger partial charge in [0, 0.05) is 6.42 Å². The number of carbonyl (C=O) groups excluding carboxylic acids is 2. The SMILES string of the molecule is CC(=O)CC(C(=O)O)C(=O)C(=O)O. The van der Waals surface area contributed by atoms with Gasteiger partial charge in [0.05, 0.1) is 0 Å². The molecule has 0 rings (SSSR count). The molecule has 0 saturated heterocycles. The lowest BCUT2D eigenvalue weighted by molar-refractivity contribution is -0.157. The van der Waals surface area contributed by atoms with Crippen LogP contribution in [0.5, 0.6) is 0 Å². The summed E-state index contributed by atoms with van der Waals surface area (Å²) < 4.78 is 0. The van der Waals surface area contributed by atoms with Gasteiger partial charge in [0.25, 0.3) is 5.78 Å². The first-order valence-corrected chi connectivity index (χ1v) is 3.35. The zero-order valence-corrected chi connectivity index (χ0v) is 6.81. The van der Waals surface area contributed by atoms with Crippen LogP contribution in [0.3, 0.4) is 0 Å². The van der Waals surface area contributed by atoms with E-state index in [1.165, 1.54) is 0 Å². The summed E-state index contributed by atoms with van der Waals surface area (Å²) in [6, 6.07) is 0. The molecular formula is C7H8O6. The number of ketones is 2. The van der Waals surface area contributed by atoms with E-state index in [1.54, 1.807) is 0 Å². The number of Topliss-reactive ketones (excluding diaryl/α,β-unsaturated/α-hetero) is 2. The number of carbonyl (C=O) groups is 4. The Bertz CT molecular complexity index is 266. The largest absolute Gasteiger partial charge is 0.481 e. The Morgan fingerprint density at radius 1 is 1.15 bits per heavy atom. The van der Waals surface area contributed by atoms with Gasteiger partial charge in [0.2, 0.25) is 0 Å². The van der Waals surface area contributed by atoms with Crippen LogP contribution >= 0.6 is 0 Å². The van der Waals surface area contributed by atoms with Crippen molar-refractivity contribution in [2.45, 2.75) is 13.3 Å². The lowest BCUT2D eigenvalue weighted by Gasteiger charge is -2.04. The monoisotopic (exact) mass is 188 g/mol. The van der Waals surface area contributed by atoms with E-state index in [0.29, 0.717) is 0 Å². The summed E-state index contributed by atoms with van der Waals surface area (Å²) in [4.78, 5) is 41.6. The minimum atomic E-state index is -1.84. The molecule has 0 amide bonds. The van der Waals surface area contributed by atoms with E-state index in [9.17, 15) is 19.2 Å². The van der Waals surface area contributed by atoms with Gasteiger partial charge in [0.1, 0.15) is 11.7 Å². The molecular weight excluding hydrogens is 180 g/mol. The summed E-state index contributed by atoms with van der Waals surface area (Å²) in [7, 11) is 0. The number of carboxylic acid groups (broad SMARTS) is 2. The van der Waals surface area contributed by atoms with Crippen LogP contribution in [0.1, 0.15) is 13.3 Å². The van der Waals surface area contributed by atoms with Crippen molar-refractivity contribution < 1.29 is 29.4 Å². The van der Waals surface area contributed by atoms with Crippen molar-refractivity contribution in [3.63, 3.8) is 0 Å². The first-order valence-electron chi connectivity index (χ1n) is 3.35. The first kappa shape index (κ1) is 11.3. The van der Waals surface area contributed by atoms with Crippen molar-refractivity contribution in [2.75, 3.05) is 0 Å². The molecule has 0 aromatic heterocycles. The van der Waals surface area contributed by atoms with Crippen LogP contribution < -0.4 is 0 Å². The molecule has 0 aliphatic carbocycles. The summed E-state index contributed by atoms with van der Waals surface area (Å²) in [6.07, 6.45) is -0.583. The maximum Gasteiger partial charge on any atom is 0.373 e. The number of rotatable bonds is 5. The van der Waals surface area contributed by atoms with Crippen LogP contribution in [0.2, 0.25) is 0 Å². The van der Waals surface area contributed by atoms with Crippen molar-refractivity contribution in [1.82, 2.24) is 0 Å². The van der Waals surface area contributed by atoms with Crippen LogP contribution in [0.25, 0.3) is 0 Å². The normalized spacial score (nSPS) is 11.8. The summed E-state index contributed by atoms with van der Waals surface area (Å²) in [5, 5.41) is 16.6. The van der Waals surface area contributed by atoms with Gasteiger partial charge in [-0.25, -0.2) is 4.79 Å². The maximum absolute atomic E-state index is 10.7. The van der Waals surface area contributed by atoms with E-state index >= 15 is 0 Å². The number of hydrogen-bond acceptors (Lipinski definition) is 4. The molecule has 72 valence electrons. The van der Waals surface area contributed by atoms with Crippen LogP contribution in [0.15, 0.2) is 0 Å². The van der Waals surface area contributed by atoms with E-state index < -0.39 is 35.8 Å². The van der Waals surface area contributed by atoms with Crippen molar-refractivity contribution in [2.24, 2.45) is 5.92 Å². The molecule has 2 N–H and O–H groups in total. The van der Waals surface area contributed by atoms with Crippen molar-refractivity contribution >= 4 is 23.5 Å². The van der Waals surface area contributed by atoms with Crippen LogP contribution in [0, 0.1) is 5.92 Å². The quantitative estimate of drug-likeness (QED) is 0.437. The Morgan fingerprint density at radius 2 is 1.62 bits per heavy atom. The van der Waals surface area contributed by atoms with Gasteiger partial charge in [-0.05, 0) is 6.92 Å². The molecule has 13 heavy (non-hydrogen) atoms. The van der Waals surface area contributed by atoms with Crippen LogP contribution in [0.4, 0.5) is 0 Å². The molecule has 6 heteroatoms. The fraction of sp³-hybridized carbons (Fsp3) is 0.429. The lowest BCUT2D eigenvalue weighted by Crippen LogP contribution is -2.31. The van der Waals surface area contributed by atoms with Gasteiger partial charge in [-0.3, -0.25) is 14.4 Å². The lowest BCUT2D eigenvalue weighted by atomic mass is 9.98. The molecule has 0 heterocycles. The van der Waals surface area contributed by atoms with E-state index in [-0.39, 0.29) is 0 Å². The van der Waals surface area contributed by atoms with Crippen LogP contribution in [-0.4, -0.2) is 33.7 Å². The zero-order valence-electron chi connectivity index (χ0n) is 6.81. The molecule has 0 aliphatic heterocycles. The van der Waals surface area contributed by atoms with E-state index in [1.807, 2.05) is 0 Å². The molecule has 1 atom stereocenters. The standard InChI is InChI=1S/C7H8O6/c1-3(8)2-4(6(10)11)5(9)7(12)13/h4H,2H2,1H3,(H,10,11)(H,12,13). The average molecular weight is 188 g/mol. The highest BCUT2D eigenvalue weighted by Gasteiger charge is 2.32.